The van der Waals surface area contributed by atoms with Crippen molar-refractivity contribution in [1.82, 2.24) is 10.2 Å². The molecule has 0 fully saturated rings. The van der Waals surface area contributed by atoms with Crippen LogP contribution in [-0.2, 0) is 0 Å². The quantitative estimate of drug-likeness (QED) is 0.666. The first-order chi connectivity index (χ1) is 4.70. The van der Waals surface area contributed by atoms with Crippen molar-refractivity contribution in [3.05, 3.63) is 23.0 Å². The summed E-state index contributed by atoms with van der Waals surface area (Å²) in [6.07, 6.45) is 0. The molecule has 0 saturated carbocycles. The van der Waals surface area contributed by atoms with Gasteiger partial charge in [0.05, 0.1) is 5.69 Å². The number of hydrogen-bond acceptors (Lipinski definition) is 3. The molecule has 0 aliphatic carbocycles. The maximum absolute atomic E-state index is 5.52. The summed E-state index contributed by atoms with van der Waals surface area (Å²) in [5, 5.41) is 7.80. The Hall–Kier alpha value is -0.670. The highest BCUT2D eigenvalue weighted by Gasteiger charge is 1.99. The summed E-state index contributed by atoms with van der Waals surface area (Å²) in [5.41, 5.74) is 6.27. The average molecular weight is 158 g/mol. The fourth-order valence-corrected chi connectivity index (χ4v) is 0.670. The Bertz CT molecular complexity index is 207. The van der Waals surface area contributed by atoms with Crippen LogP contribution in [0, 0.1) is 0 Å². The highest BCUT2D eigenvalue weighted by Crippen LogP contribution is 2.06. The summed E-state index contributed by atoms with van der Waals surface area (Å²) in [5.74, 6) is 0. The maximum atomic E-state index is 5.52. The normalized spacial score (nSPS) is 13.1. The van der Waals surface area contributed by atoms with Crippen molar-refractivity contribution < 1.29 is 0 Å². The van der Waals surface area contributed by atoms with E-state index in [4.69, 9.17) is 17.3 Å². The number of nitrogens with two attached hydrogens (primary N) is 1. The lowest BCUT2D eigenvalue weighted by molar-refractivity contribution is 0.752. The number of nitrogens with zero attached hydrogens (tertiary/aromatic N) is 2. The monoisotopic (exact) mass is 157 g/mol. The van der Waals surface area contributed by atoms with E-state index in [1.165, 1.54) is 0 Å². The van der Waals surface area contributed by atoms with E-state index in [0.717, 1.165) is 5.69 Å². The van der Waals surface area contributed by atoms with Crippen LogP contribution in [0.25, 0.3) is 0 Å². The van der Waals surface area contributed by atoms with E-state index in [0.29, 0.717) is 5.15 Å². The molecule has 1 heterocycles. The van der Waals surface area contributed by atoms with Crippen LogP contribution in [0.3, 0.4) is 0 Å². The Labute approximate surface area is 64.2 Å². The molecule has 1 rings (SSSR count). The van der Waals surface area contributed by atoms with Gasteiger partial charge < -0.3 is 5.73 Å². The molecule has 1 aromatic rings. The lowest BCUT2D eigenvalue weighted by atomic mass is 10.2. The minimum Gasteiger partial charge on any atom is -0.323 e. The third-order valence-corrected chi connectivity index (χ3v) is 1.32. The zero-order valence-electron chi connectivity index (χ0n) is 5.58. The predicted molar refractivity (Wildman–Crippen MR) is 39.6 cm³/mol. The van der Waals surface area contributed by atoms with Crippen molar-refractivity contribution in [2.45, 2.75) is 13.0 Å². The highest BCUT2D eigenvalue weighted by molar-refractivity contribution is 6.29. The summed E-state index contributed by atoms with van der Waals surface area (Å²) in [4.78, 5) is 0. The van der Waals surface area contributed by atoms with E-state index in [9.17, 15) is 0 Å². The first-order valence-electron chi connectivity index (χ1n) is 2.95. The highest BCUT2D eigenvalue weighted by atomic mass is 35.5. The molecule has 0 saturated heterocycles. The maximum Gasteiger partial charge on any atom is 0.151 e. The van der Waals surface area contributed by atoms with E-state index in [1.807, 2.05) is 6.92 Å². The molecule has 4 heteroatoms. The standard InChI is InChI=1S/C6H8ClN3/c1-4(8)5-2-3-6(7)10-9-5/h2-4H,8H2,1H3/t4-/m1/s1. The molecular formula is C6H8ClN3. The molecule has 3 nitrogen and oxygen atoms in total. The van der Waals surface area contributed by atoms with E-state index < -0.39 is 0 Å². The minimum atomic E-state index is -0.0789. The zero-order chi connectivity index (χ0) is 7.56. The Kier molecular flexibility index (Phi) is 2.19. The Morgan fingerprint density at radius 2 is 2.20 bits per heavy atom. The van der Waals surface area contributed by atoms with E-state index in [1.54, 1.807) is 12.1 Å². The van der Waals surface area contributed by atoms with E-state index >= 15 is 0 Å². The second kappa shape index (κ2) is 2.94. The lowest BCUT2D eigenvalue weighted by Gasteiger charge is -2.00. The number of hydrogen-bond donors (Lipinski definition) is 1. The fourth-order valence-electron chi connectivity index (χ4n) is 0.569. The third kappa shape index (κ3) is 1.65. The largest absolute Gasteiger partial charge is 0.323 e. The van der Waals surface area contributed by atoms with Gasteiger partial charge in [-0.1, -0.05) is 11.6 Å². The summed E-state index contributed by atoms with van der Waals surface area (Å²) in [6, 6.07) is 3.36. The van der Waals surface area contributed by atoms with Crippen LogP contribution in [0.1, 0.15) is 18.7 Å². The second-order valence-electron chi connectivity index (χ2n) is 2.07. The molecule has 54 valence electrons. The fraction of sp³-hybridized carbons (Fsp3) is 0.333. The van der Waals surface area contributed by atoms with Gasteiger partial charge in [-0.15, -0.1) is 5.10 Å². The van der Waals surface area contributed by atoms with E-state index in [-0.39, 0.29) is 6.04 Å². The van der Waals surface area contributed by atoms with E-state index in [2.05, 4.69) is 10.2 Å². The minimum absolute atomic E-state index is 0.0789. The van der Waals surface area contributed by atoms with Gasteiger partial charge in [-0.3, -0.25) is 0 Å². The van der Waals surface area contributed by atoms with Gasteiger partial charge in [0.15, 0.2) is 5.15 Å². The summed E-state index contributed by atoms with van der Waals surface area (Å²) >= 11 is 5.50. The van der Waals surface area contributed by atoms with Crippen LogP contribution in [0.2, 0.25) is 5.15 Å². The average Bonchev–Trinajstić information content (AvgIpc) is 1.88. The first-order valence-corrected chi connectivity index (χ1v) is 3.32. The molecule has 0 unspecified atom stereocenters. The Balaban J connectivity index is 2.89. The molecule has 10 heavy (non-hydrogen) atoms. The predicted octanol–water partition coefficient (Wildman–Crippen LogP) is 1.15. The number of rotatable bonds is 1. The van der Waals surface area contributed by atoms with Gasteiger partial charge in [0, 0.05) is 6.04 Å². The van der Waals surface area contributed by atoms with Gasteiger partial charge in [-0.25, -0.2) is 0 Å². The topological polar surface area (TPSA) is 51.8 Å². The van der Waals surface area contributed by atoms with Crippen LogP contribution in [0.4, 0.5) is 0 Å². The number of aromatic nitrogens is 2. The lowest BCUT2D eigenvalue weighted by Crippen LogP contribution is -2.07. The molecule has 1 aromatic heterocycles. The Morgan fingerprint density at radius 1 is 1.50 bits per heavy atom. The van der Waals surface area contributed by atoms with Gasteiger partial charge in [0.2, 0.25) is 0 Å². The molecule has 0 amide bonds. The smallest absolute Gasteiger partial charge is 0.151 e. The molecular weight excluding hydrogens is 150 g/mol. The molecule has 1 atom stereocenters. The van der Waals surface area contributed by atoms with Crippen LogP contribution < -0.4 is 5.73 Å². The van der Waals surface area contributed by atoms with Crippen molar-refractivity contribution in [3.63, 3.8) is 0 Å². The SMILES string of the molecule is C[C@@H](N)c1ccc(Cl)nn1. The van der Waals surface area contributed by atoms with Crippen LogP contribution in [-0.4, -0.2) is 10.2 Å². The molecule has 0 aliphatic rings. The summed E-state index contributed by atoms with van der Waals surface area (Å²) in [6.45, 7) is 1.85. The van der Waals surface area contributed by atoms with Gasteiger partial charge in [-0.05, 0) is 19.1 Å². The van der Waals surface area contributed by atoms with Crippen molar-refractivity contribution in [1.29, 1.82) is 0 Å². The summed E-state index contributed by atoms with van der Waals surface area (Å²) < 4.78 is 0. The third-order valence-electron chi connectivity index (χ3n) is 1.12. The molecule has 0 radical (unpaired) electrons. The molecule has 0 bridgehead atoms. The molecule has 2 N–H and O–H groups in total. The molecule has 0 aliphatic heterocycles. The van der Waals surface area contributed by atoms with Crippen LogP contribution in [0.15, 0.2) is 12.1 Å². The van der Waals surface area contributed by atoms with Crippen LogP contribution in [0.5, 0.6) is 0 Å². The second-order valence-corrected chi connectivity index (χ2v) is 2.46. The number of halogens is 1. The van der Waals surface area contributed by atoms with Crippen LogP contribution >= 0.6 is 11.6 Å². The molecule has 0 aromatic carbocycles. The van der Waals surface area contributed by atoms with Gasteiger partial charge >= 0.3 is 0 Å². The molecule has 0 spiro atoms. The zero-order valence-corrected chi connectivity index (χ0v) is 6.34. The van der Waals surface area contributed by atoms with Crippen molar-refractivity contribution in [3.8, 4) is 0 Å². The van der Waals surface area contributed by atoms with Gasteiger partial charge in [-0.2, -0.15) is 5.10 Å². The van der Waals surface area contributed by atoms with Crippen molar-refractivity contribution >= 4 is 11.6 Å². The summed E-state index contributed by atoms with van der Waals surface area (Å²) in [7, 11) is 0. The first kappa shape index (κ1) is 7.44. The van der Waals surface area contributed by atoms with Crippen molar-refractivity contribution in [2.75, 3.05) is 0 Å². The van der Waals surface area contributed by atoms with Gasteiger partial charge in [0.25, 0.3) is 0 Å². The Morgan fingerprint density at radius 3 is 2.60 bits per heavy atom. The van der Waals surface area contributed by atoms with Crippen molar-refractivity contribution in [2.24, 2.45) is 5.73 Å². The van der Waals surface area contributed by atoms with Gasteiger partial charge in [0.1, 0.15) is 0 Å².